The van der Waals surface area contributed by atoms with Crippen LogP contribution in [-0.2, 0) is 9.47 Å². The van der Waals surface area contributed by atoms with Crippen LogP contribution in [0.1, 0.15) is 25.7 Å². The highest BCUT2D eigenvalue weighted by Crippen LogP contribution is 2.27. The summed E-state index contributed by atoms with van der Waals surface area (Å²) < 4.78 is 10.7. The fourth-order valence-electron chi connectivity index (χ4n) is 1.22. The van der Waals surface area contributed by atoms with E-state index in [1.54, 1.807) is 18.2 Å². The highest BCUT2D eigenvalue weighted by Gasteiger charge is 2.14. The van der Waals surface area contributed by atoms with Gasteiger partial charge in [0, 0.05) is 18.8 Å². The normalized spacial score (nSPS) is 10.8. The van der Waals surface area contributed by atoms with E-state index in [0.717, 1.165) is 0 Å². The molecule has 0 bridgehead atoms. The summed E-state index contributed by atoms with van der Waals surface area (Å²) in [6.07, 6.45) is -0.466. The minimum absolute atomic E-state index is 0.208. The maximum atomic E-state index is 9.57. The molecule has 1 rings (SSSR count). The van der Waals surface area contributed by atoms with E-state index in [1.165, 1.54) is 0 Å². The molecular weight excluding hydrogens is 180 g/mol. The average Bonchev–Trinajstić information content (AvgIpc) is 2.18. The monoisotopic (exact) mass is 196 g/mol. The fraction of sp³-hybridized carbons (Fsp3) is 0.455. The molecule has 0 aliphatic rings. The van der Waals surface area contributed by atoms with Crippen molar-refractivity contribution in [3.63, 3.8) is 0 Å². The third-order valence-electron chi connectivity index (χ3n) is 1.83. The molecule has 0 heterocycles. The average molecular weight is 196 g/mol. The van der Waals surface area contributed by atoms with Crippen molar-refractivity contribution in [2.45, 2.75) is 20.1 Å². The lowest BCUT2D eigenvalue weighted by Crippen LogP contribution is -2.08. The van der Waals surface area contributed by atoms with E-state index in [1.807, 2.05) is 19.9 Å². The molecule has 0 spiro atoms. The molecule has 14 heavy (non-hydrogen) atoms. The van der Waals surface area contributed by atoms with Crippen LogP contribution in [0, 0.1) is 0 Å². The van der Waals surface area contributed by atoms with Gasteiger partial charge in [0.2, 0.25) is 0 Å². The Morgan fingerprint density at radius 1 is 1.14 bits per heavy atom. The van der Waals surface area contributed by atoms with Crippen LogP contribution in [0.4, 0.5) is 0 Å². The lowest BCUT2D eigenvalue weighted by Gasteiger charge is -2.17. The van der Waals surface area contributed by atoms with Crippen molar-refractivity contribution in [2.24, 2.45) is 0 Å². The van der Waals surface area contributed by atoms with Gasteiger partial charge >= 0.3 is 0 Å². The number of aromatic hydroxyl groups is 1. The van der Waals surface area contributed by atoms with Crippen LogP contribution >= 0.6 is 0 Å². The standard InChI is InChI=1S/C11H16O3/c1-3-13-11(14-4-2)9-7-5-6-8-10(9)12/h5-8,11-12H,3-4H2,1-2H3. The van der Waals surface area contributed by atoms with Gasteiger partial charge in [-0.1, -0.05) is 18.2 Å². The second kappa shape index (κ2) is 5.62. The van der Waals surface area contributed by atoms with E-state index < -0.39 is 6.29 Å². The summed E-state index contributed by atoms with van der Waals surface area (Å²) >= 11 is 0. The van der Waals surface area contributed by atoms with E-state index in [0.29, 0.717) is 18.8 Å². The van der Waals surface area contributed by atoms with Crippen molar-refractivity contribution in [2.75, 3.05) is 13.2 Å². The SMILES string of the molecule is CCOC(OCC)c1ccccc1O. The van der Waals surface area contributed by atoms with Crippen molar-refractivity contribution >= 4 is 0 Å². The maximum absolute atomic E-state index is 9.57. The summed E-state index contributed by atoms with van der Waals surface area (Å²) in [6.45, 7) is 4.90. The molecule has 1 aromatic rings. The number of phenols is 1. The summed E-state index contributed by atoms with van der Waals surface area (Å²) in [5.41, 5.74) is 0.677. The molecule has 1 aromatic carbocycles. The Hall–Kier alpha value is -1.06. The smallest absolute Gasteiger partial charge is 0.187 e. The zero-order valence-corrected chi connectivity index (χ0v) is 8.56. The lowest BCUT2D eigenvalue weighted by molar-refractivity contribution is -0.141. The molecule has 0 atom stereocenters. The predicted molar refractivity (Wildman–Crippen MR) is 54.1 cm³/mol. The van der Waals surface area contributed by atoms with Gasteiger partial charge < -0.3 is 14.6 Å². The van der Waals surface area contributed by atoms with Crippen molar-refractivity contribution in [3.8, 4) is 5.75 Å². The summed E-state index contributed by atoms with van der Waals surface area (Å²) in [4.78, 5) is 0. The minimum Gasteiger partial charge on any atom is -0.507 e. The Morgan fingerprint density at radius 2 is 1.71 bits per heavy atom. The van der Waals surface area contributed by atoms with Crippen molar-refractivity contribution in [1.82, 2.24) is 0 Å². The van der Waals surface area contributed by atoms with Crippen LogP contribution < -0.4 is 0 Å². The molecule has 1 N–H and O–H groups in total. The molecule has 0 aliphatic carbocycles. The molecule has 0 saturated heterocycles. The molecule has 0 radical (unpaired) electrons. The zero-order valence-electron chi connectivity index (χ0n) is 8.56. The Kier molecular flexibility index (Phi) is 4.43. The Balaban J connectivity index is 2.81. The number of hydrogen-bond acceptors (Lipinski definition) is 3. The second-order valence-corrected chi connectivity index (χ2v) is 2.80. The van der Waals surface area contributed by atoms with E-state index in [2.05, 4.69) is 0 Å². The highest BCUT2D eigenvalue weighted by molar-refractivity contribution is 5.32. The molecule has 78 valence electrons. The Bertz CT molecular complexity index is 267. The molecule has 0 unspecified atom stereocenters. The van der Waals surface area contributed by atoms with Crippen molar-refractivity contribution < 1.29 is 14.6 Å². The van der Waals surface area contributed by atoms with Crippen LogP contribution in [0.3, 0.4) is 0 Å². The topological polar surface area (TPSA) is 38.7 Å². The summed E-state index contributed by atoms with van der Waals surface area (Å²) in [5, 5.41) is 9.57. The number of ether oxygens (including phenoxy) is 2. The molecular formula is C11H16O3. The van der Waals surface area contributed by atoms with Gasteiger partial charge in [-0.2, -0.15) is 0 Å². The fourth-order valence-corrected chi connectivity index (χ4v) is 1.22. The van der Waals surface area contributed by atoms with Gasteiger partial charge in [0.1, 0.15) is 5.75 Å². The number of phenolic OH excluding ortho intramolecular Hbond substituents is 1. The predicted octanol–water partition coefficient (Wildman–Crippen LogP) is 2.46. The van der Waals surface area contributed by atoms with Gasteiger partial charge in [0.25, 0.3) is 0 Å². The number of para-hydroxylation sites is 1. The first-order valence-corrected chi connectivity index (χ1v) is 4.80. The largest absolute Gasteiger partial charge is 0.507 e. The molecule has 0 amide bonds. The second-order valence-electron chi connectivity index (χ2n) is 2.80. The summed E-state index contributed by atoms with van der Waals surface area (Å²) in [7, 11) is 0. The van der Waals surface area contributed by atoms with Gasteiger partial charge in [-0.15, -0.1) is 0 Å². The molecule has 3 nitrogen and oxygen atoms in total. The maximum Gasteiger partial charge on any atom is 0.187 e. The first kappa shape index (κ1) is 11.0. The Labute approximate surface area is 84.3 Å². The van der Waals surface area contributed by atoms with E-state index in [-0.39, 0.29) is 5.75 Å². The summed E-state index contributed by atoms with van der Waals surface area (Å²) in [5.74, 6) is 0.208. The van der Waals surface area contributed by atoms with Crippen LogP contribution in [0.25, 0.3) is 0 Å². The zero-order chi connectivity index (χ0) is 10.4. The number of benzene rings is 1. The van der Waals surface area contributed by atoms with Crippen LogP contribution in [0.2, 0.25) is 0 Å². The van der Waals surface area contributed by atoms with Gasteiger partial charge in [0.05, 0.1) is 0 Å². The molecule has 3 heteroatoms. The van der Waals surface area contributed by atoms with Crippen LogP contribution in [0.15, 0.2) is 24.3 Å². The van der Waals surface area contributed by atoms with Crippen molar-refractivity contribution in [3.05, 3.63) is 29.8 Å². The van der Waals surface area contributed by atoms with E-state index >= 15 is 0 Å². The molecule has 0 fully saturated rings. The Morgan fingerprint density at radius 3 is 2.21 bits per heavy atom. The molecule has 0 saturated carbocycles. The lowest BCUT2D eigenvalue weighted by atomic mass is 10.2. The number of rotatable bonds is 5. The highest BCUT2D eigenvalue weighted by atomic mass is 16.7. The van der Waals surface area contributed by atoms with Gasteiger partial charge in [-0.05, 0) is 19.9 Å². The van der Waals surface area contributed by atoms with Crippen LogP contribution in [0.5, 0.6) is 5.75 Å². The van der Waals surface area contributed by atoms with Gasteiger partial charge in [-0.3, -0.25) is 0 Å². The van der Waals surface area contributed by atoms with Gasteiger partial charge in [0.15, 0.2) is 6.29 Å². The number of hydrogen-bond donors (Lipinski definition) is 1. The summed E-state index contributed by atoms with van der Waals surface area (Å²) in [6, 6.07) is 7.04. The van der Waals surface area contributed by atoms with E-state index in [4.69, 9.17) is 9.47 Å². The minimum atomic E-state index is -0.466. The first-order valence-electron chi connectivity index (χ1n) is 4.80. The first-order chi connectivity index (χ1) is 6.79. The third-order valence-corrected chi connectivity index (χ3v) is 1.83. The van der Waals surface area contributed by atoms with Gasteiger partial charge in [-0.25, -0.2) is 0 Å². The van der Waals surface area contributed by atoms with Crippen molar-refractivity contribution in [1.29, 1.82) is 0 Å². The quantitative estimate of drug-likeness (QED) is 0.735. The van der Waals surface area contributed by atoms with Crippen LogP contribution in [-0.4, -0.2) is 18.3 Å². The van der Waals surface area contributed by atoms with E-state index in [9.17, 15) is 5.11 Å². The molecule has 0 aliphatic heterocycles. The molecule has 0 aromatic heterocycles. The third kappa shape index (κ3) is 2.72.